The van der Waals surface area contributed by atoms with Gasteiger partial charge in [-0.1, -0.05) is 29.4 Å². The fraction of sp³-hybridized carbons (Fsp3) is 0.350. The summed E-state index contributed by atoms with van der Waals surface area (Å²) in [4.78, 5) is 12.7. The number of halogens is 1. The van der Waals surface area contributed by atoms with Crippen LogP contribution in [0.5, 0.6) is 0 Å². The maximum atomic E-state index is 12.7. The molecule has 0 aliphatic rings. The van der Waals surface area contributed by atoms with Crippen LogP contribution in [0.1, 0.15) is 34.7 Å². The Hall–Kier alpha value is -2.09. The second-order valence-electron chi connectivity index (χ2n) is 6.55. The van der Waals surface area contributed by atoms with E-state index < -0.39 is 0 Å². The molecule has 0 amide bonds. The van der Waals surface area contributed by atoms with E-state index in [2.05, 4.69) is 21.7 Å². The lowest BCUT2D eigenvalue weighted by Crippen LogP contribution is -2.14. The molecule has 0 aliphatic carbocycles. The zero-order valence-corrected chi connectivity index (χ0v) is 17.8. The average molecular weight is 420 g/mol. The molecule has 0 spiro atoms. The van der Waals surface area contributed by atoms with Gasteiger partial charge in [-0.3, -0.25) is 4.79 Å². The summed E-state index contributed by atoms with van der Waals surface area (Å²) in [6.07, 6.45) is 0. The van der Waals surface area contributed by atoms with Gasteiger partial charge in [0.1, 0.15) is 0 Å². The van der Waals surface area contributed by atoms with E-state index in [0.29, 0.717) is 28.3 Å². The highest BCUT2D eigenvalue weighted by molar-refractivity contribution is 7.99. The van der Waals surface area contributed by atoms with E-state index in [1.807, 2.05) is 32.0 Å². The van der Waals surface area contributed by atoms with Crippen molar-refractivity contribution in [2.45, 2.75) is 32.0 Å². The average Bonchev–Trinajstić information content (AvgIpc) is 3.24. The van der Waals surface area contributed by atoms with Crippen LogP contribution in [0.4, 0.5) is 0 Å². The normalized spacial score (nSPS) is 12.3. The maximum Gasteiger partial charge on any atom is 0.277 e. The lowest BCUT2D eigenvalue weighted by atomic mass is 10.2. The summed E-state index contributed by atoms with van der Waals surface area (Å²) in [6.45, 7) is 6.62. The Balaban J connectivity index is 1.69. The first kappa shape index (κ1) is 20.6. The molecule has 0 N–H and O–H groups in total. The van der Waals surface area contributed by atoms with Crippen LogP contribution in [0.2, 0.25) is 5.02 Å². The lowest BCUT2D eigenvalue weighted by Gasteiger charge is -2.17. The van der Waals surface area contributed by atoms with Gasteiger partial charge in [-0.05, 0) is 45.0 Å². The number of methoxy groups -OCH3 is 1. The van der Waals surface area contributed by atoms with Crippen LogP contribution in [-0.4, -0.2) is 40.0 Å². The second kappa shape index (κ2) is 8.94. The summed E-state index contributed by atoms with van der Waals surface area (Å²) in [5.41, 5.74) is 3.44. The number of ether oxygens (including phenoxy) is 1. The molecule has 0 bridgehead atoms. The fourth-order valence-corrected chi connectivity index (χ4v) is 4.10. The van der Waals surface area contributed by atoms with Crippen LogP contribution in [0.15, 0.2) is 40.0 Å². The van der Waals surface area contributed by atoms with Crippen molar-refractivity contribution in [3.8, 4) is 11.5 Å². The first-order valence-electron chi connectivity index (χ1n) is 8.83. The van der Waals surface area contributed by atoms with E-state index in [-0.39, 0.29) is 17.6 Å². The Morgan fingerprint density at radius 3 is 2.82 bits per heavy atom. The van der Waals surface area contributed by atoms with Crippen molar-refractivity contribution in [2.75, 3.05) is 19.5 Å². The second-order valence-corrected chi connectivity index (χ2v) is 7.92. The third kappa shape index (κ3) is 4.48. The molecular formula is C20H22ClN3O3S. The quantitative estimate of drug-likeness (QED) is 0.378. The molecule has 148 valence electrons. The highest BCUT2D eigenvalue weighted by atomic mass is 35.5. The molecule has 0 saturated heterocycles. The van der Waals surface area contributed by atoms with Crippen LogP contribution >= 0.6 is 23.4 Å². The smallest absolute Gasteiger partial charge is 0.277 e. The molecule has 0 saturated carbocycles. The maximum absolute atomic E-state index is 12.7. The topological polar surface area (TPSA) is 70.2 Å². The Bertz CT molecular complexity index is 983. The van der Waals surface area contributed by atoms with Crippen LogP contribution in [0, 0.1) is 13.8 Å². The number of aromatic nitrogens is 3. The number of carbonyl (C=O) groups excluding carboxylic acids is 1. The van der Waals surface area contributed by atoms with E-state index in [0.717, 1.165) is 17.0 Å². The zero-order valence-electron chi connectivity index (χ0n) is 16.2. The molecule has 2 aromatic heterocycles. The van der Waals surface area contributed by atoms with Crippen LogP contribution in [0.25, 0.3) is 11.5 Å². The van der Waals surface area contributed by atoms with Gasteiger partial charge in [-0.15, -0.1) is 10.2 Å². The molecule has 28 heavy (non-hydrogen) atoms. The van der Waals surface area contributed by atoms with E-state index in [1.165, 1.54) is 11.8 Å². The van der Waals surface area contributed by atoms with Crippen LogP contribution < -0.4 is 0 Å². The summed E-state index contributed by atoms with van der Waals surface area (Å²) in [6, 6.07) is 9.28. The minimum Gasteiger partial charge on any atom is -0.411 e. The third-order valence-electron chi connectivity index (χ3n) is 4.44. The minimum atomic E-state index is 0.0245. The Morgan fingerprint density at radius 2 is 2.11 bits per heavy atom. The molecule has 1 unspecified atom stereocenters. The Labute approximate surface area is 173 Å². The summed E-state index contributed by atoms with van der Waals surface area (Å²) in [7, 11) is 1.68. The van der Waals surface area contributed by atoms with E-state index in [9.17, 15) is 4.79 Å². The molecular weight excluding hydrogens is 398 g/mol. The fourth-order valence-electron chi connectivity index (χ4n) is 3.26. The third-order valence-corrected chi connectivity index (χ3v) is 5.49. The molecule has 8 heteroatoms. The van der Waals surface area contributed by atoms with Gasteiger partial charge < -0.3 is 13.7 Å². The van der Waals surface area contributed by atoms with Crippen molar-refractivity contribution in [3.63, 3.8) is 0 Å². The number of nitrogens with zero attached hydrogens (tertiary/aromatic N) is 3. The van der Waals surface area contributed by atoms with E-state index in [1.54, 1.807) is 19.2 Å². The number of ketones is 1. The number of carbonyl (C=O) groups is 1. The van der Waals surface area contributed by atoms with Crippen LogP contribution in [0.3, 0.4) is 0 Å². The van der Waals surface area contributed by atoms with E-state index in [4.69, 9.17) is 20.8 Å². The first-order chi connectivity index (χ1) is 13.4. The standard InChI is InChI=1S/C20H22ClN3O3S/c1-12-8-17(14(3)24(12)13(2)10-26-4)18(25)11-28-20-23-22-19(27-20)15-6-5-7-16(21)9-15/h5-9,13H,10-11H2,1-4H3. The van der Waals surface area contributed by atoms with Gasteiger partial charge in [0.25, 0.3) is 5.22 Å². The number of hydrogen-bond acceptors (Lipinski definition) is 6. The number of thioether (sulfide) groups is 1. The largest absolute Gasteiger partial charge is 0.411 e. The summed E-state index contributed by atoms with van der Waals surface area (Å²) in [5, 5.41) is 8.99. The van der Waals surface area contributed by atoms with Gasteiger partial charge >= 0.3 is 0 Å². The van der Waals surface area contributed by atoms with Gasteiger partial charge in [0.05, 0.1) is 18.4 Å². The van der Waals surface area contributed by atoms with Crippen LogP contribution in [-0.2, 0) is 4.74 Å². The Kier molecular flexibility index (Phi) is 6.59. The van der Waals surface area contributed by atoms with Crippen molar-refractivity contribution in [1.29, 1.82) is 0 Å². The number of benzene rings is 1. The van der Waals surface area contributed by atoms with Gasteiger partial charge in [-0.2, -0.15) is 0 Å². The minimum absolute atomic E-state index is 0.0245. The molecule has 2 heterocycles. The van der Waals surface area contributed by atoms with Gasteiger partial charge in [-0.25, -0.2) is 0 Å². The summed E-state index contributed by atoms with van der Waals surface area (Å²) in [5.74, 6) is 0.626. The molecule has 0 radical (unpaired) electrons. The van der Waals surface area contributed by atoms with Gasteiger partial charge in [0.15, 0.2) is 5.78 Å². The lowest BCUT2D eigenvalue weighted by molar-refractivity contribution is 0.102. The molecule has 1 atom stereocenters. The summed E-state index contributed by atoms with van der Waals surface area (Å²) >= 11 is 7.22. The first-order valence-corrected chi connectivity index (χ1v) is 10.2. The van der Waals surface area contributed by atoms with Crippen molar-refractivity contribution in [1.82, 2.24) is 14.8 Å². The van der Waals surface area contributed by atoms with Crippen molar-refractivity contribution in [3.05, 3.63) is 52.3 Å². The number of Topliss-reactive ketones (excluding diaryl/α,β-unsaturated/α-hetero) is 1. The zero-order chi connectivity index (χ0) is 20.3. The molecule has 0 fully saturated rings. The number of rotatable bonds is 8. The number of aryl methyl sites for hydroxylation is 1. The SMILES string of the molecule is COCC(C)n1c(C)cc(C(=O)CSc2nnc(-c3cccc(Cl)c3)o2)c1C. The molecule has 3 rings (SSSR count). The van der Waals surface area contributed by atoms with Crippen molar-refractivity contribution >= 4 is 29.1 Å². The predicted molar refractivity (Wildman–Crippen MR) is 110 cm³/mol. The van der Waals surface area contributed by atoms with Crippen molar-refractivity contribution in [2.24, 2.45) is 0 Å². The monoisotopic (exact) mass is 419 g/mol. The highest BCUT2D eigenvalue weighted by Gasteiger charge is 2.20. The molecule has 6 nitrogen and oxygen atoms in total. The highest BCUT2D eigenvalue weighted by Crippen LogP contribution is 2.27. The predicted octanol–water partition coefficient (Wildman–Crippen LogP) is 4.99. The summed E-state index contributed by atoms with van der Waals surface area (Å²) < 4.78 is 13.0. The van der Waals surface area contributed by atoms with Gasteiger partial charge in [0, 0.05) is 34.6 Å². The molecule has 3 aromatic rings. The molecule has 0 aliphatic heterocycles. The van der Waals surface area contributed by atoms with Gasteiger partial charge in [0.2, 0.25) is 5.89 Å². The molecule has 1 aromatic carbocycles. The van der Waals surface area contributed by atoms with E-state index >= 15 is 0 Å². The Morgan fingerprint density at radius 1 is 1.32 bits per heavy atom. The number of hydrogen-bond donors (Lipinski definition) is 0. The van der Waals surface area contributed by atoms with Crippen molar-refractivity contribution < 1.29 is 13.9 Å².